The van der Waals surface area contributed by atoms with Crippen LogP contribution in [0.5, 0.6) is 0 Å². The quantitative estimate of drug-likeness (QED) is 0.156. The average Bonchev–Trinajstić information content (AvgIpc) is 2.93. The molecule has 0 spiro atoms. The second kappa shape index (κ2) is 18.5. The lowest BCUT2D eigenvalue weighted by molar-refractivity contribution is 0.488. The Balaban J connectivity index is 0.000000586. The van der Waals surface area contributed by atoms with E-state index in [2.05, 4.69) is 43.9 Å². The molecule has 0 radical (unpaired) electrons. The maximum Gasteiger partial charge on any atom is 0.261 e. The molecule has 4 rings (SSSR count). The Labute approximate surface area is 268 Å². The molecule has 2 heterocycles. The predicted molar refractivity (Wildman–Crippen MR) is 176 cm³/mol. The molecule has 2 N–H and O–H groups in total. The van der Waals surface area contributed by atoms with Crippen LogP contribution in [0.25, 0.3) is 0 Å². The van der Waals surface area contributed by atoms with Gasteiger partial charge in [-0.3, -0.25) is 9.11 Å². The van der Waals surface area contributed by atoms with E-state index in [4.69, 9.17) is 32.3 Å². The second-order valence-corrected chi connectivity index (χ2v) is 13.4. The van der Waals surface area contributed by atoms with E-state index in [0.29, 0.717) is 12.5 Å². The molecule has 4 aromatic rings. The molecule has 14 heteroatoms. The van der Waals surface area contributed by atoms with Gasteiger partial charge in [-0.15, -0.1) is 0 Å². The first-order chi connectivity index (χ1) is 20.6. The van der Waals surface area contributed by atoms with Gasteiger partial charge in [-0.25, -0.2) is 9.98 Å². The first kappa shape index (κ1) is 36.9. The number of benzene rings is 2. The summed E-state index contributed by atoms with van der Waals surface area (Å²) in [5.74, 6) is 0. The highest BCUT2D eigenvalue weighted by molar-refractivity contribution is 7.85. The summed E-state index contributed by atoms with van der Waals surface area (Å²) in [5, 5.41) is 3.34. The van der Waals surface area contributed by atoms with Crippen LogP contribution in [0.4, 0.5) is 11.4 Å². The lowest BCUT2D eigenvalue weighted by Crippen LogP contribution is -2.06. The largest absolute Gasteiger partial charge is 0.354 e. The fraction of sp³-hybridized carbons (Fsp3) is 0.267. The first-order valence-electron chi connectivity index (χ1n) is 13.4. The molecule has 0 saturated carbocycles. The smallest absolute Gasteiger partial charge is 0.261 e. The van der Waals surface area contributed by atoms with Gasteiger partial charge in [0.25, 0.3) is 20.2 Å². The fourth-order valence-corrected chi connectivity index (χ4v) is 3.87. The van der Waals surface area contributed by atoms with Crippen molar-refractivity contribution in [2.45, 2.75) is 38.8 Å². The summed E-state index contributed by atoms with van der Waals surface area (Å²) in [5.41, 5.74) is 1.82. The van der Waals surface area contributed by atoms with Gasteiger partial charge in [-0.05, 0) is 85.6 Å². The highest BCUT2D eigenvalue weighted by atomic mass is 35.5. The molecule has 44 heavy (non-hydrogen) atoms. The van der Waals surface area contributed by atoms with Crippen molar-refractivity contribution in [3.63, 3.8) is 0 Å². The summed E-state index contributed by atoms with van der Waals surface area (Å²) in [6.45, 7) is 2.05. The summed E-state index contributed by atoms with van der Waals surface area (Å²) < 4.78 is 56.2. The molecule has 2 aromatic heterocycles. The van der Waals surface area contributed by atoms with Crippen LogP contribution < -0.4 is 10.7 Å². The number of pyridine rings is 2. The Hall–Kier alpha value is -3.26. The summed E-state index contributed by atoms with van der Waals surface area (Å²) in [7, 11) is -7.33. The maximum absolute atomic E-state index is 9.19. The molecule has 0 amide bonds. The van der Waals surface area contributed by atoms with Crippen LogP contribution in [0.1, 0.15) is 25.7 Å². The fourth-order valence-electron chi connectivity index (χ4n) is 3.62. The van der Waals surface area contributed by atoms with Crippen molar-refractivity contribution in [2.75, 3.05) is 12.5 Å². The molecule has 0 aliphatic heterocycles. The predicted octanol–water partition coefficient (Wildman–Crippen LogP) is 6.33. The van der Waals surface area contributed by atoms with Crippen LogP contribution in [-0.4, -0.2) is 47.6 Å². The Morgan fingerprint density at radius 3 is 1.09 bits per heavy atom. The number of nitrogens with zero attached hydrogens (tertiary/aromatic N) is 4. The highest BCUT2D eigenvalue weighted by Crippen LogP contribution is 2.16. The number of aromatic nitrogens is 2. The molecule has 0 bridgehead atoms. The number of hydrogen-bond acceptors (Lipinski definition) is 6. The zero-order valence-electron chi connectivity index (χ0n) is 24.4. The Morgan fingerprint density at radius 2 is 0.818 bits per heavy atom. The highest BCUT2D eigenvalue weighted by Gasteiger charge is 1.95. The summed E-state index contributed by atoms with van der Waals surface area (Å²) >= 11 is 11.9. The van der Waals surface area contributed by atoms with Gasteiger partial charge in [0.2, 0.25) is 0 Å². The molecule has 2 aromatic carbocycles. The van der Waals surface area contributed by atoms with E-state index in [1.165, 1.54) is 25.7 Å². The molecular weight excluding hydrogens is 647 g/mol. The van der Waals surface area contributed by atoms with E-state index in [9.17, 15) is 16.8 Å². The van der Waals surface area contributed by atoms with E-state index < -0.39 is 20.2 Å². The topological polar surface area (TPSA) is 143 Å². The van der Waals surface area contributed by atoms with Gasteiger partial charge in [0, 0.05) is 47.9 Å². The van der Waals surface area contributed by atoms with E-state index in [1.54, 1.807) is 0 Å². The van der Waals surface area contributed by atoms with Crippen LogP contribution in [0.2, 0.25) is 10.0 Å². The second-order valence-electron chi connectivity index (χ2n) is 9.65. The third-order valence-corrected chi connectivity index (χ3v) is 6.00. The minimum Gasteiger partial charge on any atom is -0.354 e. The third kappa shape index (κ3) is 19.1. The first-order valence-corrected chi connectivity index (χ1v) is 17.9. The van der Waals surface area contributed by atoms with Gasteiger partial charge in [-0.2, -0.15) is 16.8 Å². The number of aryl methyl sites for hydroxylation is 2. The van der Waals surface area contributed by atoms with E-state index >= 15 is 0 Å². The normalized spacial score (nSPS) is 11.0. The molecule has 0 aliphatic carbocycles. The van der Waals surface area contributed by atoms with Crippen molar-refractivity contribution in [3.8, 4) is 0 Å². The van der Waals surface area contributed by atoms with Crippen LogP contribution in [0, 0.1) is 0 Å². The van der Waals surface area contributed by atoms with E-state index in [0.717, 1.165) is 45.2 Å². The van der Waals surface area contributed by atoms with Crippen LogP contribution in [0.3, 0.4) is 0 Å². The molecule has 0 unspecified atom stereocenters. The maximum atomic E-state index is 9.19. The SMILES string of the molecule is CS(=O)(=O)O.CS(=O)(=O)O.Clc1ccc(N=c2ccn(CCCCCCn3ccc(=Nc4ccc(Cl)cc4)cc3)cc2)cc1. The summed E-state index contributed by atoms with van der Waals surface area (Å²) in [6.07, 6.45) is 14.6. The lowest BCUT2D eigenvalue weighted by atomic mass is 10.2. The zero-order valence-corrected chi connectivity index (χ0v) is 27.5. The molecule has 0 saturated heterocycles. The van der Waals surface area contributed by atoms with Crippen molar-refractivity contribution in [3.05, 3.63) is 118 Å². The van der Waals surface area contributed by atoms with Crippen LogP contribution in [-0.2, 0) is 33.3 Å². The van der Waals surface area contributed by atoms with Crippen LogP contribution >= 0.6 is 23.2 Å². The van der Waals surface area contributed by atoms with Gasteiger partial charge in [0.15, 0.2) is 0 Å². The third-order valence-electron chi connectivity index (χ3n) is 5.50. The lowest BCUT2D eigenvalue weighted by Gasteiger charge is -2.08. The van der Waals surface area contributed by atoms with Crippen LogP contribution in [0.15, 0.2) is 108 Å². The minimum absolute atomic E-state index is 0.715. The van der Waals surface area contributed by atoms with Gasteiger partial charge in [0.05, 0.1) is 34.6 Å². The monoisotopic (exact) mass is 682 g/mol. The zero-order chi connectivity index (χ0) is 32.6. The standard InChI is InChI=1S/C28H28Cl2N4.2CH4O3S/c29-23-5-9-25(10-6-23)31-27-13-19-33(20-14-27)17-3-1-2-4-18-34-21-15-28(16-22-34)32-26-11-7-24(30)8-12-26;2*1-5(2,3)4/h5-16,19-22H,1-4,17-18H2;2*1H3,(H,2,3,4). The molecule has 10 nitrogen and oxygen atoms in total. The molecule has 0 fully saturated rings. The van der Waals surface area contributed by atoms with Crippen molar-refractivity contribution in [2.24, 2.45) is 9.98 Å². The van der Waals surface area contributed by atoms with Gasteiger partial charge >= 0.3 is 0 Å². The van der Waals surface area contributed by atoms with Crippen molar-refractivity contribution < 1.29 is 25.9 Å². The van der Waals surface area contributed by atoms with Crippen molar-refractivity contribution in [1.82, 2.24) is 9.13 Å². The molecule has 0 aliphatic rings. The average molecular weight is 684 g/mol. The number of unbranched alkanes of at least 4 members (excludes halogenated alkanes) is 3. The van der Waals surface area contributed by atoms with Gasteiger partial charge in [0.1, 0.15) is 0 Å². The molecule has 238 valence electrons. The minimum atomic E-state index is -3.67. The van der Waals surface area contributed by atoms with Gasteiger partial charge < -0.3 is 9.13 Å². The van der Waals surface area contributed by atoms with E-state index in [-0.39, 0.29) is 0 Å². The molecular formula is C30H36Cl2N4O6S2. The van der Waals surface area contributed by atoms with E-state index in [1.807, 2.05) is 72.8 Å². The van der Waals surface area contributed by atoms with Crippen molar-refractivity contribution in [1.29, 1.82) is 0 Å². The Morgan fingerprint density at radius 1 is 0.545 bits per heavy atom. The summed E-state index contributed by atoms with van der Waals surface area (Å²) in [6, 6.07) is 23.3. The Kier molecular flexibility index (Phi) is 15.5. The number of halogens is 2. The van der Waals surface area contributed by atoms with Gasteiger partial charge in [-0.1, -0.05) is 36.0 Å². The van der Waals surface area contributed by atoms with Crippen molar-refractivity contribution >= 4 is 54.8 Å². The number of hydrogen-bond donors (Lipinski definition) is 2. The Bertz CT molecular complexity index is 1610. The number of rotatable bonds is 9. The molecule has 0 atom stereocenters. The summed E-state index contributed by atoms with van der Waals surface area (Å²) in [4.78, 5) is 9.23.